The molecule has 0 saturated heterocycles. The monoisotopic (exact) mass is 262 g/mol. The molecule has 0 aromatic heterocycles. The van der Waals surface area contributed by atoms with E-state index in [0.29, 0.717) is 13.1 Å². The van der Waals surface area contributed by atoms with Crippen molar-refractivity contribution in [2.24, 2.45) is 0 Å². The SMILES string of the molecule is C=CCNC(=O)[C@@H](C)N(C)Cc1cccc(OC)c1. The van der Waals surface area contributed by atoms with E-state index in [1.54, 1.807) is 13.2 Å². The maximum Gasteiger partial charge on any atom is 0.237 e. The van der Waals surface area contributed by atoms with Crippen LogP contribution in [-0.4, -0.2) is 37.6 Å². The van der Waals surface area contributed by atoms with Gasteiger partial charge < -0.3 is 10.1 Å². The maximum absolute atomic E-state index is 11.8. The zero-order chi connectivity index (χ0) is 14.3. The highest BCUT2D eigenvalue weighted by molar-refractivity contribution is 5.81. The van der Waals surface area contributed by atoms with E-state index in [9.17, 15) is 4.79 Å². The Morgan fingerprint density at radius 3 is 2.95 bits per heavy atom. The van der Waals surface area contributed by atoms with Crippen molar-refractivity contribution in [3.63, 3.8) is 0 Å². The number of nitrogens with zero attached hydrogens (tertiary/aromatic N) is 1. The molecule has 19 heavy (non-hydrogen) atoms. The minimum absolute atomic E-state index is 0.00490. The average Bonchev–Trinajstić information content (AvgIpc) is 2.43. The highest BCUT2D eigenvalue weighted by Crippen LogP contribution is 2.14. The van der Waals surface area contributed by atoms with Gasteiger partial charge in [-0.15, -0.1) is 6.58 Å². The Hall–Kier alpha value is -1.81. The van der Waals surface area contributed by atoms with Gasteiger partial charge in [-0.2, -0.15) is 0 Å². The van der Waals surface area contributed by atoms with Crippen LogP contribution in [0.2, 0.25) is 0 Å². The van der Waals surface area contributed by atoms with E-state index < -0.39 is 0 Å². The molecule has 0 aliphatic rings. The second-order valence-electron chi connectivity index (χ2n) is 4.48. The van der Waals surface area contributed by atoms with Gasteiger partial charge in [0.2, 0.25) is 5.91 Å². The molecule has 0 spiro atoms. The molecule has 4 heteroatoms. The lowest BCUT2D eigenvalue weighted by Gasteiger charge is -2.23. The van der Waals surface area contributed by atoms with E-state index in [1.807, 2.05) is 43.1 Å². The molecule has 0 bridgehead atoms. The number of methoxy groups -OCH3 is 1. The Morgan fingerprint density at radius 1 is 1.58 bits per heavy atom. The summed E-state index contributed by atoms with van der Waals surface area (Å²) in [5, 5.41) is 2.80. The van der Waals surface area contributed by atoms with Crippen LogP contribution in [0, 0.1) is 0 Å². The molecule has 104 valence electrons. The molecular weight excluding hydrogens is 240 g/mol. The predicted molar refractivity (Wildman–Crippen MR) is 77.1 cm³/mol. The van der Waals surface area contributed by atoms with Crippen LogP contribution in [0.1, 0.15) is 12.5 Å². The molecule has 1 aromatic carbocycles. The van der Waals surface area contributed by atoms with Crippen molar-refractivity contribution in [3.05, 3.63) is 42.5 Å². The van der Waals surface area contributed by atoms with Gasteiger partial charge in [0.15, 0.2) is 0 Å². The van der Waals surface area contributed by atoms with Crippen LogP contribution in [0.25, 0.3) is 0 Å². The first-order valence-corrected chi connectivity index (χ1v) is 6.30. The molecule has 0 unspecified atom stereocenters. The third-order valence-electron chi connectivity index (χ3n) is 3.03. The Morgan fingerprint density at radius 2 is 2.32 bits per heavy atom. The highest BCUT2D eigenvalue weighted by atomic mass is 16.5. The zero-order valence-electron chi connectivity index (χ0n) is 11.8. The summed E-state index contributed by atoms with van der Waals surface area (Å²) >= 11 is 0. The highest BCUT2D eigenvalue weighted by Gasteiger charge is 2.17. The molecule has 1 atom stereocenters. The van der Waals surface area contributed by atoms with Gasteiger partial charge in [0.1, 0.15) is 5.75 Å². The number of benzene rings is 1. The molecule has 0 saturated carbocycles. The van der Waals surface area contributed by atoms with Crippen LogP contribution in [0.3, 0.4) is 0 Å². The van der Waals surface area contributed by atoms with E-state index in [0.717, 1.165) is 11.3 Å². The molecule has 0 heterocycles. The van der Waals surface area contributed by atoms with Gasteiger partial charge >= 0.3 is 0 Å². The van der Waals surface area contributed by atoms with Crippen LogP contribution < -0.4 is 10.1 Å². The maximum atomic E-state index is 11.8. The smallest absolute Gasteiger partial charge is 0.237 e. The lowest BCUT2D eigenvalue weighted by atomic mass is 10.1. The van der Waals surface area contributed by atoms with Gasteiger partial charge in [0.05, 0.1) is 13.2 Å². The first-order chi connectivity index (χ1) is 9.08. The number of amides is 1. The van der Waals surface area contributed by atoms with E-state index in [2.05, 4.69) is 11.9 Å². The van der Waals surface area contributed by atoms with E-state index in [1.165, 1.54) is 0 Å². The van der Waals surface area contributed by atoms with Crippen molar-refractivity contribution in [3.8, 4) is 5.75 Å². The van der Waals surface area contributed by atoms with Crippen LogP contribution in [0.5, 0.6) is 5.75 Å². The van der Waals surface area contributed by atoms with Crippen LogP contribution in [0.15, 0.2) is 36.9 Å². The van der Waals surface area contributed by atoms with Crippen molar-refractivity contribution in [2.75, 3.05) is 20.7 Å². The molecular formula is C15H22N2O2. The summed E-state index contributed by atoms with van der Waals surface area (Å²) in [6.45, 7) is 6.66. The number of hydrogen-bond donors (Lipinski definition) is 1. The average molecular weight is 262 g/mol. The summed E-state index contributed by atoms with van der Waals surface area (Å²) in [6, 6.07) is 7.66. The van der Waals surface area contributed by atoms with Gasteiger partial charge in [-0.05, 0) is 31.7 Å². The van der Waals surface area contributed by atoms with Crippen molar-refractivity contribution in [1.29, 1.82) is 0 Å². The van der Waals surface area contributed by atoms with Crippen LogP contribution >= 0.6 is 0 Å². The molecule has 1 rings (SSSR count). The first-order valence-electron chi connectivity index (χ1n) is 6.30. The van der Waals surface area contributed by atoms with E-state index in [-0.39, 0.29) is 11.9 Å². The van der Waals surface area contributed by atoms with Gasteiger partial charge in [0, 0.05) is 13.1 Å². The predicted octanol–water partition coefficient (Wildman–Crippen LogP) is 1.82. The van der Waals surface area contributed by atoms with Crippen LogP contribution in [-0.2, 0) is 11.3 Å². The second kappa shape index (κ2) is 7.59. The number of hydrogen-bond acceptors (Lipinski definition) is 3. The fraction of sp³-hybridized carbons (Fsp3) is 0.400. The third kappa shape index (κ3) is 4.75. The Bertz CT molecular complexity index is 432. The fourth-order valence-corrected chi connectivity index (χ4v) is 1.72. The topological polar surface area (TPSA) is 41.6 Å². The van der Waals surface area contributed by atoms with E-state index in [4.69, 9.17) is 4.74 Å². The Kier molecular flexibility index (Phi) is 6.09. The Labute approximate surface area is 115 Å². The lowest BCUT2D eigenvalue weighted by molar-refractivity contribution is -0.125. The normalized spacial score (nSPS) is 12.0. The number of rotatable bonds is 7. The molecule has 1 amide bonds. The van der Waals surface area contributed by atoms with E-state index >= 15 is 0 Å². The fourth-order valence-electron chi connectivity index (χ4n) is 1.72. The molecule has 1 N–H and O–H groups in total. The molecule has 1 aromatic rings. The van der Waals surface area contributed by atoms with Gasteiger partial charge in [0.25, 0.3) is 0 Å². The number of carbonyl (C=O) groups excluding carboxylic acids is 1. The number of ether oxygens (including phenoxy) is 1. The summed E-state index contributed by atoms with van der Waals surface area (Å²) in [4.78, 5) is 13.8. The van der Waals surface area contributed by atoms with Gasteiger partial charge in [-0.25, -0.2) is 0 Å². The quantitative estimate of drug-likeness (QED) is 0.762. The minimum Gasteiger partial charge on any atom is -0.497 e. The Balaban J connectivity index is 2.59. The summed E-state index contributed by atoms with van der Waals surface area (Å²) in [7, 11) is 3.58. The molecule has 0 fully saturated rings. The van der Waals surface area contributed by atoms with Crippen molar-refractivity contribution in [2.45, 2.75) is 19.5 Å². The molecule has 0 aliphatic heterocycles. The van der Waals surface area contributed by atoms with Crippen LogP contribution in [0.4, 0.5) is 0 Å². The van der Waals surface area contributed by atoms with Crippen molar-refractivity contribution >= 4 is 5.91 Å². The molecule has 0 radical (unpaired) electrons. The first kappa shape index (κ1) is 15.2. The summed E-state index contributed by atoms with van der Waals surface area (Å²) < 4.78 is 5.19. The minimum atomic E-state index is -0.189. The summed E-state index contributed by atoms with van der Waals surface area (Å²) in [5.41, 5.74) is 1.12. The molecule has 4 nitrogen and oxygen atoms in total. The standard InChI is InChI=1S/C15H22N2O2/c1-5-9-16-15(18)12(2)17(3)11-13-7-6-8-14(10-13)19-4/h5-8,10,12H,1,9,11H2,2-4H3,(H,16,18)/t12-/m1/s1. The van der Waals surface area contributed by atoms with Gasteiger partial charge in [-0.3, -0.25) is 9.69 Å². The lowest BCUT2D eigenvalue weighted by Crippen LogP contribution is -2.42. The summed E-state index contributed by atoms with van der Waals surface area (Å²) in [6.07, 6.45) is 1.67. The number of carbonyl (C=O) groups is 1. The number of nitrogens with one attached hydrogen (secondary N) is 1. The number of likely N-dealkylation sites (N-methyl/N-ethyl adjacent to an activating group) is 1. The molecule has 0 aliphatic carbocycles. The van der Waals surface area contributed by atoms with Gasteiger partial charge in [-0.1, -0.05) is 18.2 Å². The van der Waals surface area contributed by atoms with Crippen molar-refractivity contribution in [1.82, 2.24) is 10.2 Å². The summed E-state index contributed by atoms with van der Waals surface area (Å²) in [5.74, 6) is 0.833. The van der Waals surface area contributed by atoms with Crippen molar-refractivity contribution < 1.29 is 9.53 Å². The largest absolute Gasteiger partial charge is 0.497 e. The third-order valence-corrected chi connectivity index (χ3v) is 3.03. The second-order valence-corrected chi connectivity index (χ2v) is 4.48. The zero-order valence-corrected chi connectivity index (χ0v) is 11.8.